The lowest BCUT2D eigenvalue weighted by Gasteiger charge is -2.24. The van der Waals surface area contributed by atoms with Gasteiger partial charge < -0.3 is 0 Å². The lowest BCUT2D eigenvalue weighted by atomic mass is 9.82. The standard InChI is InChI=1S/C11H14ClFO2S/c1-11(2,7-8-16(13,14)15)9-3-5-10(12)6-4-9/h3-6H,7-8H2,1-2H3. The van der Waals surface area contributed by atoms with Crippen molar-refractivity contribution >= 4 is 21.8 Å². The summed E-state index contributed by atoms with van der Waals surface area (Å²) in [5, 5.41) is 0.623. The Hall–Kier alpha value is -0.610. The van der Waals surface area contributed by atoms with Crippen molar-refractivity contribution in [3.05, 3.63) is 34.9 Å². The van der Waals surface area contributed by atoms with E-state index < -0.39 is 16.0 Å². The van der Waals surface area contributed by atoms with Crippen LogP contribution in [0.5, 0.6) is 0 Å². The first-order valence-electron chi connectivity index (χ1n) is 4.89. The molecule has 0 N–H and O–H groups in total. The molecule has 0 spiro atoms. The molecule has 90 valence electrons. The molecule has 16 heavy (non-hydrogen) atoms. The Labute approximate surface area is 101 Å². The van der Waals surface area contributed by atoms with E-state index >= 15 is 0 Å². The van der Waals surface area contributed by atoms with Crippen molar-refractivity contribution in [3.63, 3.8) is 0 Å². The summed E-state index contributed by atoms with van der Waals surface area (Å²) < 4.78 is 33.4. The van der Waals surface area contributed by atoms with Crippen LogP contribution in [-0.4, -0.2) is 14.2 Å². The van der Waals surface area contributed by atoms with Crippen molar-refractivity contribution < 1.29 is 12.3 Å². The Morgan fingerprint density at radius 2 is 1.75 bits per heavy atom. The lowest BCUT2D eigenvalue weighted by Crippen LogP contribution is -2.20. The summed E-state index contributed by atoms with van der Waals surface area (Å²) in [6.07, 6.45) is 0.244. The van der Waals surface area contributed by atoms with E-state index in [1.54, 1.807) is 12.1 Å². The van der Waals surface area contributed by atoms with Crippen molar-refractivity contribution in [2.75, 3.05) is 5.75 Å². The maximum atomic E-state index is 12.5. The zero-order chi connectivity index (χ0) is 12.4. The highest BCUT2D eigenvalue weighted by molar-refractivity contribution is 7.86. The van der Waals surface area contributed by atoms with Gasteiger partial charge in [-0.15, -0.1) is 3.89 Å². The summed E-state index contributed by atoms with van der Waals surface area (Å²) in [7, 11) is -4.40. The quantitative estimate of drug-likeness (QED) is 0.782. The minimum Gasteiger partial charge on any atom is -0.195 e. The molecule has 0 unspecified atom stereocenters. The van der Waals surface area contributed by atoms with Crippen LogP contribution in [0.3, 0.4) is 0 Å². The van der Waals surface area contributed by atoms with Crippen molar-refractivity contribution in [1.29, 1.82) is 0 Å². The van der Waals surface area contributed by atoms with E-state index in [9.17, 15) is 12.3 Å². The highest BCUT2D eigenvalue weighted by Gasteiger charge is 2.23. The molecule has 1 aromatic carbocycles. The van der Waals surface area contributed by atoms with Crippen LogP contribution in [0.25, 0.3) is 0 Å². The molecule has 1 aromatic rings. The molecule has 0 radical (unpaired) electrons. The fraction of sp³-hybridized carbons (Fsp3) is 0.455. The zero-order valence-electron chi connectivity index (χ0n) is 9.20. The molecule has 0 aliphatic rings. The van der Waals surface area contributed by atoms with Gasteiger partial charge in [-0.25, -0.2) is 0 Å². The van der Waals surface area contributed by atoms with E-state index in [1.807, 2.05) is 26.0 Å². The predicted octanol–water partition coefficient (Wildman–Crippen LogP) is 3.31. The van der Waals surface area contributed by atoms with E-state index in [4.69, 9.17) is 11.6 Å². The second kappa shape index (κ2) is 4.72. The van der Waals surface area contributed by atoms with Crippen LogP contribution in [0.1, 0.15) is 25.8 Å². The number of hydrogen-bond donors (Lipinski definition) is 0. The van der Waals surface area contributed by atoms with E-state index in [2.05, 4.69) is 0 Å². The van der Waals surface area contributed by atoms with Gasteiger partial charge in [-0.05, 0) is 29.5 Å². The molecule has 1 rings (SSSR count). The van der Waals surface area contributed by atoms with Gasteiger partial charge >= 0.3 is 10.2 Å². The van der Waals surface area contributed by atoms with Gasteiger partial charge in [0.15, 0.2) is 0 Å². The van der Waals surface area contributed by atoms with Gasteiger partial charge in [-0.1, -0.05) is 37.6 Å². The monoisotopic (exact) mass is 264 g/mol. The van der Waals surface area contributed by atoms with Gasteiger partial charge in [0.05, 0.1) is 5.75 Å². The highest BCUT2D eigenvalue weighted by atomic mass is 35.5. The Bertz CT molecular complexity index is 451. The summed E-state index contributed by atoms with van der Waals surface area (Å²) in [4.78, 5) is 0. The van der Waals surface area contributed by atoms with Gasteiger partial charge in [-0.2, -0.15) is 8.42 Å². The predicted molar refractivity (Wildman–Crippen MR) is 64.0 cm³/mol. The smallest absolute Gasteiger partial charge is 0.195 e. The summed E-state index contributed by atoms with van der Waals surface area (Å²) >= 11 is 5.76. The summed E-state index contributed by atoms with van der Waals surface area (Å²) in [5.41, 5.74) is 0.560. The molecular weight excluding hydrogens is 251 g/mol. The Balaban J connectivity index is 2.81. The van der Waals surface area contributed by atoms with Crippen molar-refractivity contribution in [2.45, 2.75) is 25.7 Å². The van der Waals surface area contributed by atoms with Gasteiger partial charge in [-0.3, -0.25) is 0 Å². The molecule has 2 nitrogen and oxygen atoms in total. The Morgan fingerprint density at radius 1 is 1.25 bits per heavy atom. The number of halogens is 2. The highest BCUT2D eigenvalue weighted by Crippen LogP contribution is 2.28. The largest absolute Gasteiger partial charge is 0.302 e. The topological polar surface area (TPSA) is 34.1 Å². The van der Waals surface area contributed by atoms with Crippen LogP contribution in [0, 0.1) is 0 Å². The van der Waals surface area contributed by atoms with Crippen LogP contribution < -0.4 is 0 Å². The maximum Gasteiger partial charge on any atom is 0.302 e. The maximum absolute atomic E-state index is 12.5. The molecule has 0 saturated carbocycles. The van der Waals surface area contributed by atoms with Crippen LogP contribution in [0.4, 0.5) is 3.89 Å². The van der Waals surface area contributed by atoms with Gasteiger partial charge in [0.2, 0.25) is 0 Å². The molecule has 0 fully saturated rings. The van der Waals surface area contributed by atoms with Gasteiger partial charge in [0, 0.05) is 5.02 Å². The number of hydrogen-bond acceptors (Lipinski definition) is 2. The third-order valence-electron chi connectivity index (χ3n) is 2.60. The molecular formula is C11H14ClFO2S. The fourth-order valence-corrected chi connectivity index (χ4v) is 2.30. The van der Waals surface area contributed by atoms with Crippen LogP contribution in [-0.2, 0) is 15.6 Å². The first-order chi connectivity index (χ1) is 7.21. The number of benzene rings is 1. The second-order valence-corrected chi connectivity index (χ2v) is 6.31. The van der Waals surface area contributed by atoms with E-state index in [1.165, 1.54) is 0 Å². The Kier molecular flexibility index (Phi) is 3.97. The molecule has 0 aliphatic carbocycles. The third kappa shape index (κ3) is 4.10. The first-order valence-corrected chi connectivity index (χ1v) is 6.82. The molecule has 0 saturated heterocycles. The molecule has 0 aliphatic heterocycles. The van der Waals surface area contributed by atoms with Crippen molar-refractivity contribution in [3.8, 4) is 0 Å². The summed E-state index contributed by atoms with van der Waals surface area (Å²) in [6.45, 7) is 3.75. The van der Waals surface area contributed by atoms with E-state index in [0.29, 0.717) is 5.02 Å². The first kappa shape index (κ1) is 13.5. The average molecular weight is 265 g/mol. The molecule has 0 heterocycles. The SMILES string of the molecule is CC(C)(CCS(=O)(=O)F)c1ccc(Cl)cc1. The minimum absolute atomic E-state index is 0.244. The average Bonchev–Trinajstić information content (AvgIpc) is 2.15. The lowest BCUT2D eigenvalue weighted by molar-refractivity contribution is 0.488. The molecule has 0 atom stereocenters. The normalized spacial score (nSPS) is 12.8. The van der Waals surface area contributed by atoms with Gasteiger partial charge in [0.25, 0.3) is 0 Å². The van der Waals surface area contributed by atoms with Crippen LogP contribution in [0.2, 0.25) is 5.02 Å². The van der Waals surface area contributed by atoms with Gasteiger partial charge in [0.1, 0.15) is 0 Å². The van der Waals surface area contributed by atoms with E-state index in [-0.39, 0.29) is 11.8 Å². The van der Waals surface area contributed by atoms with E-state index in [0.717, 1.165) is 5.56 Å². The van der Waals surface area contributed by atoms with Crippen LogP contribution >= 0.6 is 11.6 Å². The molecule has 0 aromatic heterocycles. The van der Waals surface area contributed by atoms with Crippen molar-refractivity contribution in [1.82, 2.24) is 0 Å². The molecule has 5 heteroatoms. The number of rotatable bonds is 4. The minimum atomic E-state index is -4.40. The Morgan fingerprint density at radius 3 is 2.19 bits per heavy atom. The van der Waals surface area contributed by atoms with Crippen LogP contribution in [0.15, 0.2) is 24.3 Å². The fourth-order valence-electron chi connectivity index (χ4n) is 1.42. The molecule has 0 amide bonds. The zero-order valence-corrected chi connectivity index (χ0v) is 10.8. The summed E-state index contributed by atoms with van der Waals surface area (Å²) in [5.74, 6) is -0.456. The summed E-state index contributed by atoms with van der Waals surface area (Å²) in [6, 6.07) is 7.13. The van der Waals surface area contributed by atoms with Crippen molar-refractivity contribution in [2.24, 2.45) is 0 Å². The third-order valence-corrected chi connectivity index (χ3v) is 3.54. The second-order valence-electron chi connectivity index (χ2n) is 4.38. The molecule has 0 bridgehead atoms.